The van der Waals surface area contributed by atoms with Gasteiger partial charge in [0.15, 0.2) is 11.9 Å². The predicted octanol–water partition coefficient (Wildman–Crippen LogP) is 1.74. The second kappa shape index (κ2) is 7.42. The molecule has 0 saturated carbocycles. The molecule has 2 heterocycles. The molecule has 0 spiro atoms. The van der Waals surface area contributed by atoms with Gasteiger partial charge in [-0.2, -0.15) is 4.98 Å². The fourth-order valence-electron chi connectivity index (χ4n) is 2.57. The van der Waals surface area contributed by atoms with Crippen molar-refractivity contribution in [3.8, 4) is 0 Å². The zero-order chi connectivity index (χ0) is 18.7. The molecule has 0 radical (unpaired) electrons. The van der Waals surface area contributed by atoms with Crippen molar-refractivity contribution in [2.24, 2.45) is 0 Å². The minimum absolute atomic E-state index is 0.137. The van der Waals surface area contributed by atoms with Crippen LogP contribution in [0.25, 0.3) is 0 Å². The molecule has 0 unspecified atom stereocenters. The number of aromatic nitrogens is 6. The van der Waals surface area contributed by atoms with E-state index in [1.165, 1.54) is 4.68 Å². The maximum atomic E-state index is 13.2. The summed E-state index contributed by atoms with van der Waals surface area (Å²) >= 11 is 0. The van der Waals surface area contributed by atoms with Crippen LogP contribution in [0.5, 0.6) is 0 Å². The van der Waals surface area contributed by atoms with Crippen molar-refractivity contribution in [1.29, 1.82) is 0 Å². The van der Waals surface area contributed by atoms with Gasteiger partial charge < -0.3 is 9.42 Å². The predicted molar refractivity (Wildman–Crippen MR) is 92.0 cm³/mol. The Balaban J connectivity index is 1.86. The van der Waals surface area contributed by atoms with Crippen molar-refractivity contribution in [3.05, 3.63) is 53.4 Å². The lowest BCUT2D eigenvalue weighted by Crippen LogP contribution is -2.36. The lowest BCUT2D eigenvalue weighted by molar-refractivity contribution is -0.133. The van der Waals surface area contributed by atoms with E-state index >= 15 is 0 Å². The van der Waals surface area contributed by atoms with Crippen LogP contribution in [-0.4, -0.2) is 48.2 Å². The minimum Gasteiger partial charge on any atom is -0.339 e. The van der Waals surface area contributed by atoms with Gasteiger partial charge in [-0.25, -0.2) is 4.68 Å². The Hall–Kier alpha value is -3.10. The molecular weight excluding hydrogens is 334 g/mol. The van der Waals surface area contributed by atoms with Gasteiger partial charge in [0.05, 0.1) is 6.54 Å². The zero-order valence-electron chi connectivity index (χ0n) is 15.2. The molecule has 0 aliphatic carbocycles. The lowest BCUT2D eigenvalue weighted by atomic mass is 10.1. The number of nitrogens with zero attached hydrogens (tertiary/aromatic N) is 7. The Labute approximate surface area is 151 Å². The molecule has 0 bridgehead atoms. The number of tetrazole rings is 1. The average Bonchev–Trinajstić information content (AvgIpc) is 3.26. The van der Waals surface area contributed by atoms with Crippen molar-refractivity contribution in [3.63, 3.8) is 0 Å². The van der Waals surface area contributed by atoms with E-state index in [-0.39, 0.29) is 18.4 Å². The second-order valence-electron chi connectivity index (χ2n) is 6.38. The summed E-state index contributed by atoms with van der Waals surface area (Å²) in [7, 11) is 1.70. The molecule has 0 aliphatic rings. The summed E-state index contributed by atoms with van der Waals surface area (Å²) in [6, 6.07) is 8.75. The van der Waals surface area contributed by atoms with Gasteiger partial charge in [0.1, 0.15) is 5.82 Å². The van der Waals surface area contributed by atoms with Crippen molar-refractivity contribution >= 4 is 5.91 Å². The normalized spacial score (nSPS) is 12.3. The standard InChI is InChI=1S/C17H21N7O2/c1-11(2)16-18-14(20-26-16)10-23(4)17(25)15(13-8-6-5-7-9-13)24-12(3)19-21-22-24/h5-9,11,15H,10H2,1-4H3/t15-/m0/s1. The zero-order valence-corrected chi connectivity index (χ0v) is 15.2. The molecule has 3 rings (SSSR count). The van der Waals surface area contributed by atoms with E-state index < -0.39 is 6.04 Å². The number of hydrogen-bond acceptors (Lipinski definition) is 7. The fraction of sp³-hybridized carbons (Fsp3) is 0.412. The molecule has 3 aromatic rings. The minimum atomic E-state index is -0.660. The van der Waals surface area contributed by atoms with Crippen LogP contribution in [0.15, 0.2) is 34.9 Å². The van der Waals surface area contributed by atoms with Crippen LogP contribution < -0.4 is 0 Å². The van der Waals surface area contributed by atoms with Crippen LogP contribution in [0.4, 0.5) is 0 Å². The van der Waals surface area contributed by atoms with Gasteiger partial charge in [-0.15, -0.1) is 5.10 Å². The molecule has 1 amide bonds. The highest BCUT2D eigenvalue weighted by molar-refractivity contribution is 5.83. The topological polar surface area (TPSA) is 103 Å². The molecule has 9 nitrogen and oxygen atoms in total. The van der Waals surface area contributed by atoms with Gasteiger partial charge in [0, 0.05) is 13.0 Å². The first-order valence-electron chi connectivity index (χ1n) is 8.34. The molecule has 1 aromatic carbocycles. The molecule has 0 N–H and O–H groups in total. The van der Waals surface area contributed by atoms with Crippen molar-refractivity contribution < 1.29 is 9.32 Å². The van der Waals surface area contributed by atoms with Crippen LogP contribution in [0.1, 0.15) is 48.9 Å². The van der Waals surface area contributed by atoms with Gasteiger partial charge >= 0.3 is 0 Å². The summed E-state index contributed by atoms with van der Waals surface area (Å²) in [4.78, 5) is 19.0. The first kappa shape index (κ1) is 17.7. The van der Waals surface area contributed by atoms with Crippen LogP contribution in [0.2, 0.25) is 0 Å². The number of hydrogen-bond donors (Lipinski definition) is 0. The highest BCUT2D eigenvalue weighted by atomic mass is 16.5. The number of rotatable bonds is 6. The number of amides is 1. The number of aryl methyl sites for hydroxylation is 1. The van der Waals surface area contributed by atoms with E-state index in [0.717, 1.165) is 5.56 Å². The molecule has 136 valence electrons. The smallest absolute Gasteiger partial charge is 0.252 e. The quantitative estimate of drug-likeness (QED) is 0.663. The molecule has 2 aromatic heterocycles. The Kier molecular flexibility index (Phi) is 5.06. The van der Waals surface area contributed by atoms with Gasteiger partial charge in [-0.1, -0.05) is 49.3 Å². The Morgan fingerprint density at radius 3 is 2.58 bits per heavy atom. The van der Waals surface area contributed by atoms with Crippen LogP contribution in [0.3, 0.4) is 0 Å². The maximum absolute atomic E-state index is 13.2. The maximum Gasteiger partial charge on any atom is 0.252 e. The van der Waals surface area contributed by atoms with E-state index in [2.05, 4.69) is 25.7 Å². The third-order valence-electron chi connectivity index (χ3n) is 3.98. The summed E-state index contributed by atoms with van der Waals surface area (Å²) in [5.74, 6) is 1.55. The molecule has 0 saturated heterocycles. The molecular formula is C17H21N7O2. The van der Waals surface area contributed by atoms with Crippen molar-refractivity contribution in [2.45, 2.75) is 39.3 Å². The monoisotopic (exact) mass is 355 g/mol. The van der Waals surface area contributed by atoms with Crippen LogP contribution in [0, 0.1) is 6.92 Å². The molecule has 9 heteroatoms. The van der Waals surface area contributed by atoms with Gasteiger partial charge in [0.2, 0.25) is 5.89 Å². The van der Waals surface area contributed by atoms with Gasteiger partial charge in [-0.3, -0.25) is 4.79 Å². The van der Waals surface area contributed by atoms with Crippen LogP contribution >= 0.6 is 0 Å². The van der Waals surface area contributed by atoms with Crippen LogP contribution in [-0.2, 0) is 11.3 Å². The molecule has 26 heavy (non-hydrogen) atoms. The van der Waals surface area contributed by atoms with E-state index in [4.69, 9.17) is 4.52 Å². The van der Waals surface area contributed by atoms with E-state index in [1.807, 2.05) is 44.2 Å². The summed E-state index contributed by atoms with van der Waals surface area (Å²) < 4.78 is 6.72. The van der Waals surface area contributed by atoms with E-state index in [1.54, 1.807) is 18.9 Å². The highest BCUT2D eigenvalue weighted by Crippen LogP contribution is 2.21. The summed E-state index contributed by atoms with van der Waals surface area (Å²) in [5, 5.41) is 15.5. The average molecular weight is 355 g/mol. The number of carbonyl (C=O) groups excluding carboxylic acids is 1. The third-order valence-corrected chi connectivity index (χ3v) is 3.98. The SMILES string of the molecule is Cc1nnnn1[C@H](C(=O)N(C)Cc1noc(C(C)C)n1)c1ccccc1. The number of likely N-dealkylation sites (N-methyl/N-ethyl adjacent to an activating group) is 1. The highest BCUT2D eigenvalue weighted by Gasteiger charge is 2.29. The van der Waals surface area contributed by atoms with Crippen molar-refractivity contribution in [2.75, 3.05) is 7.05 Å². The molecule has 0 fully saturated rings. The fourth-order valence-corrected chi connectivity index (χ4v) is 2.57. The Bertz CT molecular complexity index is 872. The Morgan fingerprint density at radius 1 is 1.27 bits per heavy atom. The number of benzene rings is 1. The van der Waals surface area contributed by atoms with Gasteiger partial charge in [-0.05, 0) is 22.9 Å². The van der Waals surface area contributed by atoms with E-state index in [9.17, 15) is 4.79 Å². The second-order valence-corrected chi connectivity index (χ2v) is 6.38. The molecule has 0 aliphatic heterocycles. The Morgan fingerprint density at radius 2 is 2.00 bits per heavy atom. The first-order valence-corrected chi connectivity index (χ1v) is 8.34. The summed E-state index contributed by atoms with van der Waals surface area (Å²) in [6.07, 6.45) is 0. The molecule has 1 atom stereocenters. The van der Waals surface area contributed by atoms with E-state index in [0.29, 0.717) is 17.5 Å². The number of carbonyl (C=O) groups is 1. The van der Waals surface area contributed by atoms with Crippen molar-refractivity contribution in [1.82, 2.24) is 35.2 Å². The first-order chi connectivity index (χ1) is 12.5. The lowest BCUT2D eigenvalue weighted by Gasteiger charge is -2.23. The summed E-state index contributed by atoms with van der Waals surface area (Å²) in [5.41, 5.74) is 0.802. The van der Waals surface area contributed by atoms with Gasteiger partial charge in [0.25, 0.3) is 5.91 Å². The summed E-state index contributed by atoms with van der Waals surface area (Å²) in [6.45, 7) is 5.94. The third kappa shape index (κ3) is 3.61. The largest absolute Gasteiger partial charge is 0.339 e.